The highest BCUT2D eigenvalue weighted by atomic mass is 16.5. The van der Waals surface area contributed by atoms with Gasteiger partial charge < -0.3 is 9.64 Å². The molecule has 4 nitrogen and oxygen atoms in total. The lowest BCUT2D eigenvalue weighted by molar-refractivity contribution is -0.135. The minimum atomic E-state index is 0.437. The Labute approximate surface area is 135 Å². The molecule has 3 fully saturated rings. The van der Waals surface area contributed by atoms with Gasteiger partial charge in [0.1, 0.15) is 0 Å². The molecule has 0 aromatic rings. The predicted octanol–water partition coefficient (Wildman–Crippen LogP) is 2.67. The Balaban J connectivity index is 1.57. The van der Waals surface area contributed by atoms with E-state index in [1.165, 1.54) is 51.4 Å². The molecule has 2 saturated heterocycles. The van der Waals surface area contributed by atoms with Gasteiger partial charge in [0.05, 0.1) is 13.2 Å². The van der Waals surface area contributed by atoms with Crippen LogP contribution in [-0.4, -0.2) is 61.1 Å². The van der Waals surface area contributed by atoms with Gasteiger partial charge in [0.15, 0.2) is 0 Å². The molecule has 3 rings (SSSR count). The van der Waals surface area contributed by atoms with Gasteiger partial charge in [-0.05, 0) is 31.6 Å². The summed E-state index contributed by atoms with van der Waals surface area (Å²) in [6.07, 6.45) is 10.9. The van der Waals surface area contributed by atoms with Crippen LogP contribution in [0.2, 0.25) is 0 Å². The van der Waals surface area contributed by atoms with Crippen LogP contribution in [-0.2, 0) is 9.53 Å². The molecular weight excluding hydrogens is 276 g/mol. The zero-order valence-corrected chi connectivity index (χ0v) is 14.0. The highest BCUT2D eigenvalue weighted by Gasteiger charge is 2.29. The smallest absolute Gasteiger partial charge is 0.223 e. The van der Waals surface area contributed by atoms with E-state index in [2.05, 4.69) is 9.80 Å². The Morgan fingerprint density at radius 2 is 1.64 bits per heavy atom. The van der Waals surface area contributed by atoms with Crippen LogP contribution in [0.25, 0.3) is 0 Å². The molecule has 1 saturated carbocycles. The number of carbonyl (C=O) groups excluding carboxylic acids is 1. The van der Waals surface area contributed by atoms with Crippen LogP contribution in [0.4, 0.5) is 0 Å². The largest absolute Gasteiger partial charge is 0.379 e. The number of hydrogen-bond acceptors (Lipinski definition) is 3. The summed E-state index contributed by atoms with van der Waals surface area (Å²) in [5, 5.41) is 0. The van der Waals surface area contributed by atoms with Crippen molar-refractivity contribution in [1.29, 1.82) is 0 Å². The van der Waals surface area contributed by atoms with Gasteiger partial charge in [-0.25, -0.2) is 0 Å². The second-order valence-corrected chi connectivity index (χ2v) is 7.36. The van der Waals surface area contributed by atoms with Gasteiger partial charge in [-0.2, -0.15) is 0 Å². The third-order valence-electron chi connectivity index (χ3n) is 5.71. The van der Waals surface area contributed by atoms with E-state index >= 15 is 0 Å². The summed E-state index contributed by atoms with van der Waals surface area (Å²) < 4.78 is 5.45. The summed E-state index contributed by atoms with van der Waals surface area (Å²) in [6.45, 7) is 5.80. The van der Waals surface area contributed by atoms with Crippen molar-refractivity contribution < 1.29 is 9.53 Å². The van der Waals surface area contributed by atoms with Gasteiger partial charge in [0.2, 0.25) is 5.91 Å². The molecule has 0 radical (unpaired) electrons. The molecule has 0 aromatic heterocycles. The van der Waals surface area contributed by atoms with Crippen molar-refractivity contribution in [1.82, 2.24) is 9.80 Å². The molecule has 0 spiro atoms. The lowest BCUT2D eigenvalue weighted by atomic mass is 10.0. The molecule has 4 heteroatoms. The van der Waals surface area contributed by atoms with Gasteiger partial charge in [0.25, 0.3) is 0 Å². The topological polar surface area (TPSA) is 32.8 Å². The van der Waals surface area contributed by atoms with Crippen LogP contribution < -0.4 is 0 Å². The van der Waals surface area contributed by atoms with E-state index < -0.39 is 0 Å². The van der Waals surface area contributed by atoms with Crippen LogP contribution in [0.3, 0.4) is 0 Å². The standard InChI is InChI=1S/C18H32N2O2/c21-18(14-16-6-3-4-7-16)20-9-5-1-2-8-17(20)15-19-10-12-22-13-11-19/h16-17H,1-15H2. The quantitative estimate of drug-likeness (QED) is 0.800. The average Bonchev–Trinajstić information content (AvgIpc) is 2.93. The number of rotatable bonds is 4. The molecular formula is C18H32N2O2. The highest BCUT2D eigenvalue weighted by Crippen LogP contribution is 2.29. The Bertz CT molecular complexity index is 349. The SMILES string of the molecule is O=C(CC1CCCC1)N1CCCCCC1CN1CCOCC1. The monoisotopic (exact) mass is 308 g/mol. The molecule has 2 aliphatic heterocycles. The zero-order chi connectivity index (χ0) is 15.2. The fourth-order valence-corrected chi connectivity index (χ4v) is 4.36. The number of likely N-dealkylation sites (tertiary alicyclic amines) is 1. The molecule has 0 aromatic carbocycles. The summed E-state index contributed by atoms with van der Waals surface area (Å²) in [4.78, 5) is 17.6. The fraction of sp³-hybridized carbons (Fsp3) is 0.944. The van der Waals surface area contributed by atoms with Crippen LogP contribution in [0, 0.1) is 5.92 Å². The lowest BCUT2D eigenvalue weighted by Gasteiger charge is -2.36. The van der Waals surface area contributed by atoms with Gasteiger partial charge >= 0.3 is 0 Å². The van der Waals surface area contributed by atoms with Crippen molar-refractivity contribution in [2.45, 2.75) is 63.8 Å². The predicted molar refractivity (Wildman–Crippen MR) is 87.8 cm³/mol. The Hall–Kier alpha value is -0.610. The van der Waals surface area contributed by atoms with Gasteiger partial charge in [-0.15, -0.1) is 0 Å². The molecule has 1 atom stereocenters. The molecule has 1 unspecified atom stereocenters. The van der Waals surface area contributed by atoms with Crippen molar-refractivity contribution in [3.8, 4) is 0 Å². The number of hydrogen-bond donors (Lipinski definition) is 0. The van der Waals surface area contributed by atoms with E-state index in [1.54, 1.807) is 0 Å². The average molecular weight is 308 g/mol. The fourth-order valence-electron chi connectivity index (χ4n) is 4.36. The first-order valence-electron chi connectivity index (χ1n) is 9.42. The van der Waals surface area contributed by atoms with Crippen LogP contribution in [0.5, 0.6) is 0 Å². The van der Waals surface area contributed by atoms with Crippen molar-refractivity contribution in [3.63, 3.8) is 0 Å². The van der Waals surface area contributed by atoms with Crippen molar-refractivity contribution in [3.05, 3.63) is 0 Å². The number of morpholine rings is 1. The van der Waals surface area contributed by atoms with Crippen molar-refractivity contribution in [2.75, 3.05) is 39.4 Å². The normalized spacial score (nSPS) is 28.7. The van der Waals surface area contributed by atoms with Gasteiger partial charge in [0, 0.05) is 38.6 Å². The maximum atomic E-state index is 12.8. The molecule has 22 heavy (non-hydrogen) atoms. The lowest BCUT2D eigenvalue weighted by Crippen LogP contribution is -2.49. The first-order valence-corrected chi connectivity index (χ1v) is 9.42. The van der Waals surface area contributed by atoms with E-state index in [4.69, 9.17) is 4.74 Å². The minimum Gasteiger partial charge on any atom is -0.379 e. The molecule has 3 aliphatic rings. The molecule has 0 N–H and O–H groups in total. The Kier molecular flexibility index (Phi) is 6.13. The Morgan fingerprint density at radius 1 is 0.909 bits per heavy atom. The molecule has 1 aliphatic carbocycles. The van der Waals surface area contributed by atoms with Crippen molar-refractivity contribution in [2.24, 2.45) is 5.92 Å². The number of carbonyl (C=O) groups is 1. The second-order valence-electron chi connectivity index (χ2n) is 7.36. The summed E-state index contributed by atoms with van der Waals surface area (Å²) in [6, 6.07) is 0.439. The van der Waals surface area contributed by atoms with Crippen LogP contribution >= 0.6 is 0 Å². The molecule has 1 amide bonds. The molecule has 126 valence electrons. The van der Waals surface area contributed by atoms with E-state index in [-0.39, 0.29) is 0 Å². The summed E-state index contributed by atoms with van der Waals surface area (Å²) in [5.74, 6) is 1.10. The summed E-state index contributed by atoms with van der Waals surface area (Å²) in [5.41, 5.74) is 0. The van der Waals surface area contributed by atoms with E-state index in [0.717, 1.165) is 45.8 Å². The molecule has 2 heterocycles. The number of ether oxygens (including phenoxy) is 1. The first kappa shape index (κ1) is 16.3. The van der Waals surface area contributed by atoms with Gasteiger partial charge in [-0.1, -0.05) is 25.7 Å². The third kappa shape index (κ3) is 4.45. The number of nitrogens with zero attached hydrogens (tertiary/aromatic N) is 2. The summed E-state index contributed by atoms with van der Waals surface area (Å²) >= 11 is 0. The maximum Gasteiger partial charge on any atom is 0.223 e. The highest BCUT2D eigenvalue weighted by molar-refractivity contribution is 5.77. The van der Waals surface area contributed by atoms with Crippen LogP contribution in [0.15, 0.2) is 0 Å². The van der Waals surface area contributed by atoms with E-state index in [0.29, 0.717) is 17.9 Å². The minimum absolute atomic E-state index is 0.437. The summed E-state index contributed by atoms with van der Waals surface area (Å²) in [7, 11) is 0. The third-order valence-corrected chi connectivity index (χ3v) is 5.71. The zero-order valence-electron chi connectivity index (χ0n) is 14.0. The van der Waals surface area contributed by atoms with Crippen molar-refractivity contribution >= 4 is 5.91 Å². The first-order chi connectivity index (χ1) is 10.8. The van der Waals surface area contributed by atoms with E-state index in [9.17, 15) is 4.79 Å². The van der Waals surface area contributed by atoms with Crippen LogP contribution in [0.1, 0.15) is 57.8 Å². The maximum absolute atomic E-state index is 12.8. The van der Waals surface area contributed by atoms with Gasteiger partial charge in [-0.3, -0.25) is 9.69 Å². The van der Waals surface area contributed by atoms with E-state index in [1.807, 2.05) is 0 Å². The second kappa shape index (κ2) is 8.30. The molecule has 0 bridgehead atoms. The number of amides is 1. The Morgan fingerprint density at radius 3 is 2.41 bits per heavy atom.